The van der Waals surface area contributed by atoms with Crippen molar-refractivity contribution in [3.8, 4) is 11.5 Å². The Morgan fingerprint density at radius 3 is 2.72 bits per heavy atom. The molecule has 0 unspecified atom stereocenters. The highest BCUT2D eigenvalue weighted by Gasteiger charge is 2.27. The Labute approximate surface area is 224 Å². The second-order valence-electron chi connectivity index (χ2n) is 9.80. The van der Waals surface area contributed by atoms with Crippen LogP contribution in [0.5, 0.6) is 11.5 Å². The van der Waals surface area contributed by atoms with Gasteiger partial charge in [-0.2, -0.15) is 0 Å². The molecule has 1 amide bonds. The van der Waals surface area contributed by atoms with Gasteiger partial charge in [0.1, 0.15) is 14.7 Å². The summed E-state index contributed by atoms with van der Waals surface area (Å²) in [6.07, 6.45) is 3.84. The lowest BCUT2D eigenvalue weighted by molar-refractivity contribution is 0.0179. The Morgan fingerprint density at radius 2 is 2.00 bits per heavy atom. The number of imidazole rings is 1. The minimum Gasteiger partial charge on any atom is -0.454 e. The van der Waals surface area contributed by atoms with E-state index in [1.165, 1.54) is 18.1 Å². The van der Waals surface area contributed by atoms with Crippen LogP contribution in [0.15, 0.2) is 33.0 Å². The number of carbonyl (C=O) groups excluding carboxylic acids is 1. The van der Waals surface area contributed by atoms with E-state index in [1.54, 1.807) is 17.0 Å². The van der Waals surface area contributed by atoms with Crippen molar-refractivity contribution in [2.75, 3.05) is 25.6 Å². The quantitative estimate of drug-likeness (QED) is 0.441. The van der Waals surface area contributed by atoms with Crippen LogP contribution < -0.4 is 15.2 Å². The predicted molar refractivity (Wildman–Crippen MR) is 139 cm³/mol. The van der Waals surface area contributed by atoms with Crippen molar-refractivity contribution < 1.29 is 21.7 Å². The number of fused-ring (bicyclic) bond motifs is 2. The number of nitrogens with zero attached hydrogens (tertiary/aromatic N) is 5. The fourth-order valence-corrected chi connectivity index (χ4v) is 5.73. The molecule has 10 nitrogen and oxygen atoms in total. The third kappa shape index (κ3) is 5.34. The van der Waals surface area contributed by atoms with E-state index >= 15 is 0 Å². The molecule has 2 aliphatic heterocycles. The van der Waals surface area contributed by atoms with E-state index in [2.05, 4.69) is 25.9 Å². The third-order valence-electron chi connectivity index (χ3n) is 6.06. The summed E-state index contributed by atoms with van der Waals surface area (Å²) in [6.45, 7) is 5.41. The maximum Gasteiger partial charge on any atom is 0.410 e. The molecule has 0 spiro atoms. The van der Waals surface area contributed by atoms with Crippen molar-refractivity contribution in [2.45, 2.75) is 62.2 Å². The first-order valence-corrected chi connectivity index (χ1v) is 13.3. The Hall–Kier alpha value is -2.73. The molecule has 0 bridgehead atoms. The number of aryl methyl sites for hydroxylation is 1. The Bertz CT molecular complexity index is 1370. The summed E-state index contributed by atoms with van der Waals surface area (Å²) < 4.78 is 34.2. The molecule has 3 aromatic rings. The van der Waals surface area contributed by atoms with Crippen LogP contribution in [0.25, 0.3) is 11.2 Å². The second-order valence-corrected chi connectivity index (χ2v) is 11.7. The van der Waals surface area contributed by atoms with E-state index in [1.807, 2.05) is 25.3 Å². The molecule has 0 radical (unpaired) electrons. The van der Waals surface area contributed by atoms with Crippen LogP contribution >= 0.6 is 27.7 Å². The number of piperidine rings is 1. The molecule has 1 fully saturated rings. The highest BCUT2D eigenvalue weighted by atomic mass is 79.9. The third-order valence-corrected chi connectivity index (χ3v) is 8.03. The fourth-order valence-electron chi connectivity index (χ4n) is 4.22. The van der Waals surface area contributed by atoms with Crippen molar-refractivity contribution in [1.82, 2.24) is 24.4 Å². The number of nitrogen functional groups attached to an aromatic ring is 1. The topological polar surface area (TPSA) is 118 Å². The lowest BCUT2D eigenvalue weighted by atomic mass is 9.94. The highest BCUT2D eigenvalue weighted by Crippen LogP contribution is 2.43. The molecule has 12 heteroatoms. The number of nitrogens with two attached hydrogens (primary N) is 1. The van der Waals surface area contributed by atoms with E-state index in [0.29, 0.717) is 59.2 Å². The lowest BCUT2D eigenvalue weighted by Crippen LogP contribution is -2.41. The zero-order valence-corrected chi connectivity index (χ0v) is 22.7. The first kappa shape index (κ1) is 22.5. The maximum absolute atomic E-state index is 12.4. The SMILES string of the molecule is [2H]C1([2H])Oc2cc(Br)c(Sc3nc4c(N)ncnc4n3CCC3CCN(C(=O)OC(C)(C)C)CC3)cc2O1. The van der Waals surface area contributed by atoms with Gasteiger partial charge in [0, 0.05) is 29.0 Å². The minimum atomic E-state index is -2.21. The second kappa shape index (κ2) is 9.97. The van der Waals surface area contributed by atoms with Crippen LogP contribution in [0.3, 0.4) is 0 Å². The Kier molecular flexibility index (Phi) is 6.22. The van der Waals surface area contributed by atoms with E-state index in [0.717, 1.165) is 28.6 Å². The number of anilines is 1. The van der Waals surface area contributed by atoms with Crippen molar-refractivity contribution in [2.24, 2.45) is 5.92 Å². The first-order valence-electron chi connectivity index (χ1n) is 12.7. The molecule has 0 saturated carbocycles. The average molecular weight is 580 g/mol. The van der Waals surface area contributed by atoms with Gasteiger partial charge in [-0.15, -0.1) is 0 Å². The molecule has 192 valence electrons. The number of benzene rings is 1. The molecular weight excluding hydrogens is 548 g/mol. The summed E-state index contributed by atoms with van der Waals surface area (Å²) in [7, 11) is 0. The van der Waals surface area contributed by atoms with E-state index in [9.17, 15) is 4.79 Å². The molecule has 36 heavy (non-hydrogen) atoms. The maximum atomic E-state index is 12.4. The number of hydrogen-bond acceptors (Lipinski definition) is 9. The number of carbonyl (C=O) groups is 1. The predicted octanol–water partition coefficient (Wildman–Crippen LogP) is 5.09. The lowest BCUT2D eigenvalue weighted by Gasteiger charge is -2.33. The number of hydrogen-bond donors (Lipinski definition) is 1. The van der Waals surface area contributed by atoms with Crippen LogP contribution in [0.1, 0.15) is 42.8 Å². The standard InChI is InChI=1S/C24H29BrN6O4S/c1-24(2,3)35-23(32)30-7-4-14(5-8-30)6-9-31-21-19(20(26)27-12-28-21)29-22(31)36-18-11-17-16(10-15(18)25)33-13-34-17/h10-12,14H,4-9,13H2,1-3H3,(H2,26,27,28)/i13D2. The van der Waals surface area contributed by atoms with Crippen LogP contribution in [0.4, 0.5) is 10.6 Å². The van der Waals surface area contributed by atoms with E-state index < -0.39 is 12.3 Å². The Morgan fingerprint density at radius 1 is 1.28 bits per heavy atom. The van der Waals surface area contributed by atoms with Gasteiger partial charge in [-0.25, -0.2) is 19.7 Å². The van der Waals surface area contributed by atoms with Gasteiger partial charge in [-0.05, 0) is 74.0 Å². The van der Waals surface area contributed by atoms with Gasteiger partial charge >= 0.3 is 6.09 Å². The van der Waals surface area contributed by atoms with Gasteiger partial charge < -0.3 is 29.4 Å². The molecule has 2 aliphatic rings. The monoisotopic (exact) mass is 578 g/mol. The summed E-state index contributed by atoms with van der Waals surface area (Å²) in [4.78, 5) is 28.3. The summed E-state index contributed by atoms with van der Waals surface area (Å²) in [6, 6.07) is 3.40. The number of halogens is 1. The highest BCUT2D eigenvalue weighted by molar-refractivity contribution is 9.10. The average Bonchev–Trinajstić information content (AvgIpc) is 3.33. The molecule has 0 aliphatic carbocycles. The summed E-state index contributed by atoms with van der Waals surface area (Å²) >= 11 is 4.95. The molecule has 0 atom stereocenters. The molecular formula is C24H29BrN6O4S. The number of rotatable bonds is 5. The number of amides is 1. The Balaban J connectivity index is 1.32. The summed E-state index contributed by atoms with van der Waals surface area (Å²) in [5, 5.41) is 0.681. The van der Waals surface area contributed by atoms with Gasteiger partial charge in [-0.1, -0.05) is 11.8 Å². The number of ether oxygens (including phenoxy) is 3. The van der Waals surface area contributed by atoms with Crippen molar-refractivity contribution in [1.29, 1.82) is 0 Å². The van der Waals surface area contributed by atoms with Gasteiger partial charge in [-0.3, -0.25) is 0 Å². The normalized spacial score (nSPS) is 18.3. The largest absolute Gasteiger partial charge is 0.454 e. The molecule has 1 saturated heterocycles. The van der Waals surface area contributed by atoms with Gasteiger partial charge in [0.15, 0.2) is 33.6 Å². The van der Waals surface area contributed by atoms with Gasteiger partial charge in [0.2, 0.25) is 6.75 Å². The molecule has 2 N–H and O–H groups in total. The zero-order valence-electron chi connectivity index (χ0n) is 22.3. The molecule has 1 aromatic carbocycles. The number of aromatic nitrogens is 4. The molecule has 2 aromatic heterocycles. The zero-order chi connectivity index (χ0) is 27.2. The van der Waals surface area contributed by atoms with Crippen molar-refractivity contribution in [3.05, 3.63) is 22.9 Å². The van der Waals surface area contributed by atoms with Crippen LogP contribution in [0.2, 0.25) is 0 Å². The smallest absolute Gasteiger partial charge is 0.410 e. The van der Waals surface area contributed by atoms with E-state index in [-0.39, 0.29) is 6.09 Å². The summed E-state index contributed by atoms with van der Waals surface area (Å²) in [5.41, 5.74) is 6.79. The number of likely N-dealkylation sites (tertiary alicyclic amines) is 1. The van der Waals surface area contributed by atoms with Crippen LogP contribution in [-0.4, -0.2) is 55.9 Å². The van der Waals surface area contributed by atoms with Gasteiger partial charge in [0.05, 0.1) is 0 Å². The molecule has 4 heterocycles. The van der Waals surface area contributed by atoms with Crippen LogP contribution in [0, 0.1) is 5.92 Å². The first-order chi connectivity index (χ1) is 17.9. The van der Waals surface area contributed by atoms with Gasteiger partial charge in [0.25, 0.3) is 0 Å². The van der Waals surface area contributed by atoms with Crippen molar-refractivity contribution in [3.63, 3.8) is 0 Å². The van der Waals surface area contributed by atoms with Crippen molar-refractivity contribution >= 4 is 50.8 Å². The van der Waals surface area contributed by atoms with E-state index in [4.69, 9.17) is 27.7 Å². The summed E-state index contributed by atoms with van der Waals surface area (Å²) in [5.74, 6) is 1.38. The van der Waals surface area contributed by atoms with Crippen LogP contribution in [-0.2, 0) is 11.3 Å². The molecule has 5 rings (SSSR count). The fraction of sp³-hybridized carbons (Fsp3) is 0.500. The minimum absolute atomic E-state index is 0.259.